The molecule has 0 aliphatic heterocycles. The lowest BCUT2D eigenvalue weighted by Crippen LogP contribution is -2.41. The first-order valence-electron chi connectivity index (χ1n) is 8.56. The molecule has 1 saturated carbocycles. The molecule has 1 aliphatic carbocycles. The summed E-state index contributed by atoms with van der Waals surface area (Å²) in [6, 6.07) is 8.94. The summed E-state index contributed by atoms with van der Waals surface area (Å²) in [5.74, 6) is -0.462. The van der Waals surface area contributed by atoms with Gasteiger partial charge < -0.3 is 5.32 Å². The van der Waals surface area contributed by atoms with Crippen LogP contribution >= 0.6 is 0 Å². The molecule has 134 valence electrons. The van der Waals surface area contributed by atoms with Gasteiger partial charge in [-0.15, -0.1) is 0 Å². The number of carbonyl (C=O) groups excluding carboxylic acids is 1. The molecule has 1 aromatic heterocycles. The molecule has 1 fully saturated rings. The number of rotatable bonds is 5. The van der Waals surface area contributed by atoms with Crippen LogP contribution in [0.1, 0.15) is 32.6 Å². The van der Waals surface area contributed by atoms with Gasteiger partial charge in [-0.25, -0.2) is 13.1 Å². The molecule has 0 bridgehead atoms. The molecular formula is C18H23N3O3S. The van der Waals surface area contributed by atoms with Gasteiger partial charge in [-0.3, -0.25) is 9.78 Å². The second kappa shape index (κ2) is 7.49. The van der Waals surface area contributed by atoms with Crippen molar-refractivity contribution in [1.82, 2.24) is 9.71 Å². The fraction of sp³-hybridized carbons (Fsp3) is 0.444. The van der Waals surface area contributed by atoms with Gasteiger partial charge in [0.1, 0.15) is 5.75 Å². The number of carbonyl (C=O) groups is 1. The van der Waals surface area contributed by atoms with Crippen LogP contribution < -0.4 is 10.0 Å². The molecule has 0 radical (unpaired) electrons. The van der Waals surface area contributed by atoms with Crippen molar-refractivity contribution >= 4 is 32.5 Å². The van der Waals surface area contributed by atoms with E-state index in [2.05, 4.69) is 21.9 Å². The first-order chi connectivity index (χ1) is 11.9. The lowest BCUT2D eigenvalue weighted by molar-refractivity contribution is -0.113. The monoisotopic (exact) mass is 361 g/mol. The minimum absolute atomic E-state index is 0.0549. The normalized spacial score (nSPS) is 21.2. The standard InChI is InChI=1S/C18H23N3O3S/c1-13-4-6-15(7-5-13)21-25(23,24)12-18(22)20-16-8-9-17-14(11-16)3-2-10-19-17/h2-3,8-11,13,15,21H,4-7,12H2,1H3,(H,20,22). The predicted molar refractivity (Wildman–Crippen MR) is 98.7 cm³/mol. The molecular weight excluding hydrogens is 338 g/mol. The van der Waals surface area contributed by atoms with Gasteiger partial charge in [0, 0.05) is 23.3 Å². The molecule has 0 saturated heterocycles. The third kappa shape index (κ3) is 4.99. The van der Waals surface area contributed by atoms with Crippen LogP contribution in [0.25, 0.3) is 10.9 Å². The van der Waals surface area contributed by atoms with Crippen molar-refractivity contribution < 1.29 is 13.2 Å². The Labute approximate surface area is 148 Å². The fourth-order valence-corrected chi connectivity index (χ4v) is 4.44. The van der Waals surface area contributed by atoms with Gasteiger partial charge >= 0.3 is 0 Å². The minimum atomic E-state index is -3.63. The molecule has 1 amide bonds. The highest BCUT2D eigenvalue weighted by molar-refractivity contribution is 7.90. The third-order valence-corrected chi connectivity index (χ3v) is 5.90. The third-order valence-electron chi connectivity index (χ3n) is 4.57. The van der Waals surface area contributed by atoms with E-state index in [9.17, 15) is 13.2 Å². The first-order valence-corrected chi connectivity index (χ1v) is 10.2. The van der Waals surface area contributed by atoms with E-state index >= 15 is 0 Å². The summed E-state index contributed by atoms with van der Waals surface area (Å²) in [5, 5.41) is 3.54. The molecule has 25 heavy (non-hydrogen) atoms. The zero-order valence-corrected chi connectivity index (χ0v) is 15.1. The van der Waals surface area contributed by atoms with Crippen molar-refractivity contribution in [3.05, 3.63) is 36.5 Å². The maximum atomic E-state index is 12.2. The van der Waals surface area contributed by atoms with E-state index < -0.39 is 21.7 Å². The first kappa shape index (κ1) is 17.8. The van der Waals surface area contributed by atoms with Crippen molar-refractivity contribution in [2.24, 2.45) is 5.92 Å². The number of nitrogens with one attached hydrogen (secondary N) is 2. The molecule has 7 heteroatoms. The zero-order chi connectivity index (χ0) is 17.9. The van der Waals surface area contributed by atoms with Crippen LogP contribution in [-0.2, 0) is 14.8 Å². The number of anilines is 1. The Morgan fingerprint density at radius 1 is 1.20 bits per heavy atom. The van der Waals surface area contributed by atoms with Gasteiger partial charge in [0.15, 0.2) is 0 Å². The molecule has 0 atom stereocenters. The highest BCUT2D eigenvalue weighted by Gasteiger charge is 2.24. The second-order valence-electron chi connectivity index (χ2n) is 6.79. The number of nitrogens with zero attached hydrogens (tertiary/aromatic N) is 1. The minimum Gasteiger partial charge on any atom is -0.325 e. The van der Waals surface area contributed by atoms with E-state index in [-0.39, 0.29) is 6.04 Å². The number of aromatic nitrogens is 1. The highest BCUT2D eigenvalue weighted by atomic mass is 32.2. The predicted octanol–water partition coefficient (Wildman–Crippen LogP) is 2.67. The van der Waals surface area contributed by atoms with Gasteiger partial charge in [-0.1, -0.05) is 13.0 Å². The van der Waals surface area contributed by atoms with E-state index in [1.54, 1.807) is 24.4 Å². The van der Waals surface area contributed by atoms with Crippen molar-refractivity contribution in [2.75, 3.05) is 11.1 Å². The maximum Gasteiger partial charge on any atom is 0.240 e. The average molecular weight is 361 g/mol. The van der Waals surface area contributed by atoms with Crippen LogP contribution in [0.4, 0.5) is 5.69 Å². The molecule has 6 nitrogen and oxygen atoms in total. The lowest BCUT2D eigenvalue weighted by Gasteiger charge is -2.26. The van der Waals surface area contributed by atoms with Crippen LogP contribution in [0, 0.1) is 5.92 Å². The molecule has 2 N–H and O–H groups in total. The number of sulfonamides is 1. The SMILES string of the molecule is CC1CCC(NS(=O)(=O)CC(=O)Nc2ccc3ncccc3c2)CC1. The molecule has 1 aliphatic rings. The lowest BCUT2D eigenvalue weighted by atomic mass is 9.88. The quantitative estimate of drug-likeness (QED) is 0.857. The number of fused-ring (bicyclic) bond motifs is 1. The van der Waals surface area contributed by atoms with E-state index in [4.69, 9.17) is 0 Å². The van der Waals surface area contributed by atoms with Gasteiger partial charge in [0.25, 0.3) is 0 Å². The van der Waals surface area contributed by atoms with Crippen LogP contribution in [0.3, 0.4) is 0 Å². The number of pyridine rings is 1. The zero-order valence-electron chi connectivity index (χ0n) is 14.2. The maximum absolute atomic E-state index is 12.2. The molecule has 3 rings (SSSR count). The van der Waals surface area contributed by atoms with Gasteiger partial charge in [-0.2, -0.15) is 0 Å². The number of hydrogen-bond acceptors (Lipinski definition) is 4. The summed E-state index contributed by atoms with van der Waals surface area (Å²) in [6.07, 6.45) is 5.40. The highest BCUT2D eigenvalue weighted by Crippen LogP contribution is 2.24. The van der Waals surface area contributed by atoms with Crippen molar-refractivity contribution in [3.63, 3.8) is 0 Å². The second-order valence-corrected chi connectivity index (χ2v) is 8.55. The molecule has 0 spiro atoms. The smallest absolute Gasteiger partial charge is 0.240 e. The number of hydrogen-bond donors (Lipinski definition) is 2. The summed E-state index contributed by atoms with van der Waals surface area (Å²) in [7, 11) is -3.63. The summed E-state index contributed by atoms with van der Waals surface area (Å²) in [5.41, 5.74) is 1.38. The van der Waals surface area contributed by atoms with Crippen LogP contribution in [0.5, 0.6) is 0 Å². The van der Waals surface area contributed by atoms with E-state index in [0.717, 1.165) is 36.6 Å². The summed E-state index contributed by atoms with van der Waals surface area (Å²) < 4.78 is 27.1. The molecule has 0 unspecified atom stereocenters. The number of benzene rings is 1. The average Bonchev–Trinajstić information content (AvgIpc) is 2.56. The fourth-order valence-electron chi connectivity index (χ4n) is 3.20. The Balaban J connectivity index is 1.58. The van der Waals surface area contributed by atoms with Gasteiger partial charge in [0.05, 0.1) is 5.52 Å². The summed E-state index contributed by atoms with van der Waals surface area (Å²) in [6.45, 7) is 2.18. The van der Waals surface area contributed by atoms with E-state index in [1.165, 1.54) is 0 Å². The van der Waals surface area contributed by atoms with E-state index in [0.29, 0.717) is 11.6 Å². The van der Waals surface area contributed by atoms with Gasteiger partial charge in [-0.05, 0) is 55.9 Å². The summed E-state index contributed by atoms with van der Waals surface area (Å²) >= 11 is 0. The van der Waals surface area contributed by atoms with E-state index in [1.807, 2.05) is 12.1 Å². The van der Waals surface area contributed by atoms with Gasteiger partial charge in [0.2, 0.25) is 15.9 Å². The van der Waals surface area contributed by atoms with Crippen molar-refractivity contribution in [3.8, 4) is 0 Å². The van der Waals surface area contributed by atoms with Crippen molar-refractivity contribution in [1.29, 1.82) is 0 Å². The largest absolute Gasteiger partial charge is 0.325 e. The summed E-state index contributed by atoms with van der Waals surface area (Å²) in [4.78, 5) is 16.3. The Hall–Kier alpha value is -1.99. The van der Waals surface area contributed by atoms with Crippen LogP contribution in [-0.4, -0.2) is 31.1 Å². The van der Waals surface area contributed by atoms with Crippen LogP contribution in [0.2, 0.25) is 0 Å². The molecule has 1 heterocycles. The topological polar surface area (TPSA) is 88.2 Å². The number of amides is 1. The Morgan fingerprint density at radius 2 is 1.96 bits per heavy atom. The van der Waals surface area contributed by atoms with Crippen LogP contribution in [0.15, 0.2) is 36.5 Å². The molecule has 1 aromatic carbocycles. The Bertz CT molecular complexity index is 859. The molecule has 2 aromatic rings. The van der Waals surface area contributed by atoms with Crippen molar-refractivity contribution in [2.45, 2.75) is 38.6 Å². The Kier molecular flexibility index (Phi) is 5.34. The Morgan fingerprint density at radius 3 is 2.72 bits per heavy atom.